The summed E-state index contributed by atoms with van der Waals surface area (Å²) in [6.45, 7) is 3.98. The summed E-state index contributed by atoms with van der Waals surface area (Å²) in [4.78, 5) is 12.5. The van der Waals surface area contributed by atoms with Crippen LogP contribution >= 0.6 is 0 Å². The normalized spacial score (nSPS) is 18.8. The first-order chi connectivity index (χ1) is 15.0. The Labute approximate surface area is 181 Å². The van der Waals surface area contributed by atoms with Gasteiger partial charge in [-0.3, -0.25) is 4.79 Å². The average molecular weight is 425 g/mol. The number of esters is 1. The minimum absolute atomic E-state index is 0.119. The Morgan fingerprint density at radius 2 is 1.74 bits per heavy atom. The molecule has 1 aliphatic heterocycles. The van der Waals surface area contributed by atoms with Crippen molar-refractivity contribution in [1.82, 2.24) is 0 Å². The Balaban J connectivity index is 1.79. The number of carbonyl (C=O) groups is 1. The van der Waals surface area contributed by atoms with Crippen molar-refractivity contribution >= 4 is 5.97 Å². The molecule has 0 saturated carbocycles. The lowest BCUT2D eigenvalue weighted by Crippen LogP contribution is -2.23. The standard InChI is InChI=1S/C24H27NO6/c1-4-5-29-24(26)10-15-6-14-8-20(27-2)21(28-3)12-18(14)19(25)7-16-9-22-23(11-17(15)16)31-13-30-22/h4,8-9,11-12,15,19H,1,5-7,10,13,25H2,2-3H3/t15-,19+/m1/s1. The number of hydrogen-bond acceptors (Lipinski definition) is 7. The minimum Gasteiger partial charge on any atom is -0.493 e. The quantitative estimate of drug-likeness (QED) is 0.560. The molecule has 1 heterocycles. The van der Waals surface area contributed by atoms with E-state index in [-0.39, 0.29) is 37.7 Å². The molecular formula is C24H27NO6. The summed E-state index contributed by atoms with van der Waals surface area (Å²) < 4.78 is 27.4. The van der Waals surface area contributed by atoms with Crippen LogP contribution in [0.5, 0.6) is 23.0 Å². The van der Waals surface area contributed by atoms with E-state index in [0.29, 0.717) is 35.8 Å². The van der Waals surface area contributed by atoms with Gasteiger partial charge < -0.3 is 29.4 Å². The number of fused-ring (bicyclic) bond motifs is 3. The van der Waals surface area contributed by atoms with Crippen LogP contribution in [0.2, 0.25) is 0 Å². The molecule has 0 saturated heterocycles. The first kappa shape index (κ1) is 21.1. The molecule has 0 amide bonds. The molecule has 7 heteroatoms. The molecular weight excluding hydrogens is 398 g/mol. The van der Waals surface area contributed by atoms with Crippen molar-refractivity contribution in [3.05, 3.63) is 59.2 Å². The van der Waals surface area contributed by atoms with Crippen LogP contribution in [0, 0.1) is 0 Å². The molecule has 2 aromatic carbocycles. The predicted molar refractivity (Wildman–Crippen MR) is 115 cm³/mol. The van der Waals surface area contributed by atoms with Gasteiger partial charge in [0.1, 0.15) is 6.61 Å². The zero-order chi connectivity index (χ0) is 22.0. The van der Waals surface area contributed by atoms with Crippen molar-refractivity contribution in [2.75, 3.05) is 27.6 Å². The second-order valence-corrected chi connectivity index (χ2v) is 7.70. The Kier molecular flexibility index (Phi) is 6.04. The monoisotopic (exact) mass is 425 g/mol. The minimum atomic E-state index is -0.277. The van der Waals surface area contributed by atoms with Crippen LogP contribution in [0.4, 0.5) is 0 Å². The van der Waals surface area contributed by atoms with Crippen molar-refractivity contribution in [3.8, 4) is 23.0 Å². The van der Waals surface area contributed by atoms with Crippen LogP contribution in [0.3, 0.4) is 0 Å². The maximum absolute atomic E-state index is 12.5. The fourth-order valence-electron chi connectivity index (χ4n) is 4.33. The molecule has 0 radical (unpaired) electrons. The van der Waals surface area contributed by atoms with Gasteiger partial charge in [-0.05, 0) is 65.3 Å². The molecule has 2 aromatic rings. The van der Waals surface area contributed by atoms with E-state index in [9.17, 15) is 4.79 Å². The second-order valence-electron chi connectivity index (χ2n) is 7.70. The first-order valence-electron chi connectivity index (χ1n) is 10.2. The Morgan fingerprint density at radius 3 is 2.45 bits per heavy atom. The number of ether oxygens (including phenoxy) is 5. The summed E-state index contributed by atoms with van der Waals surface area (Å²) in [5, 5.41) is 0. The largest absolute Gasteiger partial charge is 0.493 e. The number of nitrogens with two attached hydrogens (primary N) is 1. The fraction of sp³-hybridized carbons (Fsp3) is 0.375. The van der Waals surface area contributed by atoms with Gasteiger partial charge in [0, 0.05) is 6.04 Å². The Hall–Kier alpha value is -3.19. The summed E-state index contributed by atoms with van der Waals surface area (Å²) in [5.74, 6) is 2.25. The van der Waals surface area contributed by atoms with Crippen molar-refractivity contribution < 1.29 is 28.5 Å². The van der Waals surface area contributed by atoms with Gasteiger partial charge in [0.25, 0.3) is 0 Å². The summed E-state index contributed by atoms with van der Waals surface area (Å²) >= 11 is 0. The van der Waals surface area contributed by atoms with Crippen LogP contribution in [0.15, 0.2) is 36.9 Å². The Bertz CT molecular complexity index is 1000. The van der Waals surface area contributed by atoms with Crippen molar-refractivity contribution in [3.63, 3.8) is 0 Å². The number of hydrogen-bond donors (Lipinski definition) is 1. The van der Waals surface area contributed by atoms with Crippen LogP contribution in [0.1, 0.15) is 40.6 Å². The summed E-state index contributed by atoms with van der Waals surface area (Å²) in [5.41, 5.74) is 10.7. The highest BCUT2D eigenvalue weighted by Gasteiger charge is 2.30. The molecule has 2 aliphatic rings. The highest BCUT2D eigenvalue weighted by Crippen LogP contribution is 2.44. The fourth-order valence-corrected chi connectivity index (χ4v) is 4.33. The van der Waals surface area contributed by atoms with E-state index in [4.69, 9.17) is 29.4 Å². The third-order valence-electron chi connectivity index (χ3n) is 5.80. The van der Waals surface area contributed by atoms with Crippen LogP contribution in [-0.4, -0.2) is 33.6 Å². The smallest absolute Gasteiger partial charge is 0.306 e. The highest BCUT2D eigenvalue weighted by molar-refractivity contribution is 5.71. The van der Waals surface area contributed by atoms with Gasteiger partial charge in [-0.15, -0.1) is 0 Å². The molecule has 2 N–H and O–H groups in total. The van der Waals surface area contributed by atoms with Gasteiger partial charge in [-0.2, -0.15) is 0 Å². The molecule has 7 nitrogen and oxygen atoms in total. The molecule has 1 aliphatic carbocycles. The lowest BCUT2D eigenvalue weighted by molar-refractivity contribution is -0.142. The van der Waals surface area contributed by atoms with Crippen LogP contribution < -0.4 is 24.7 Å². The SMILES string of the molecule is C=CCOC(=O)C[C@H]1Cc2cc(OC)c(OC)cc2[C@@H](N)Cc2cc3c(cc21)OCO3. The lowest BCUT2D eigenvalue weighted by Gasteiger charge is -2.28. The number of benzene rings is 2. The van der Waals surface area contributed by atoms with E-state index in [0.717, 1.165) is 22.3 Å². The van der Waals surface area contributed by atoms with E-state index in [1.807, 2.05) is 24.3 Å². The van der Waals surface area contributed by atoms with E-state index in [2.05, 4.69) is 6.58 Å². The van der Waals surface area contributed by atoms with Gasteiger partial charge >= 0.3 is 5.97 Å². The van der Waals surface area contributed by atoms with Gasteiger partial charge in [-0.25, -0.2) is 0 Å². The zero-order valence-electron chi connectivity index (χ0n) is 17.8. The van der Waals surface area contributed by atoms with Crippen molar-refractivity contribution in [1.29, 1.82) is 0 Å². The third-order valence-corrected chi connectivity index (χ3v) is 5.80. The maximum atomic E-state index is 12.5. The first-order valence-corrected chi connectivity index (χ1v) is 10.2. The van der Waals surface area contributed by atoms with Crippen LogP contribution in [-0.2, 0) is 22.4 Å². The van der Waals surface area contributed by atoms with E-state index in [1.165, 1.54) is 0 Å². The molecule has 31 heavy (non-hydrogen) atoms. The lowest BCUT2D eigenvalue weighted by atomic mass is 9.79. The van der Waals surface area contributed by atoms with Crippen molar-refractivity contribution in [2.45, 2.75) is 31.2 Å². The van der Waals surface area contributed by atoms with Gasteiger partial charge in [0.15, 0.2) is 23.0 Å². The van der Waals surface area contributed by atoms with Gasteiger partial charge in [-0.1, -0.05) is 12.7 Å². The number of rotatable bonds is 6. The molecule has 2 atom stereocenters. The van der Waals surface area contributed by atoms with Crippen molar-refractivity contribution in [2.24, 2.45) is 5.73 Å². The second kappa shape index (κ2) is 8.89. The summed E-state index contributed by atoms with van der Waals surface area (Å²) in [6.07, 6.45) is 2.98. The average Bonchev–Trinajstić information content (AvgIpc) is 3.22. The molecule has 0 unspecified atom stereocenters. The van der Waals surface area contributed by atoms with E-state index < -0.39 is 0 Å². The van der Waals surface area contributed by atoms with E-state index >= 15 is 0 Å². The molecule has 0 aromatic heterocycles. The van der Waals surface area contributed by atoms with Gasteiger partial charge in [0.2, 0.25) is 6.79 Å². The molecule has 164 valence electrons. The highest BCUT2D eigenvalue weighted by atomic mass is 16.7. The number of methoxy groups -OCH3 is 2. The molecule has 0 spiro atoms. The molecule has 4 rings (SSSR count). The maximum Gasteiger partial charge on any atom is 0.306 e. The predicted octanol–water partition coefficient (Wildman–Crippen LogP) is 3.43. The van der Waals surface area contributed by atoms with Gasteiger partial charge in [0.05, 0.1) is 20.6 Å². The van der Waals surface area contributed by atoms with Crippen LogP contribution in [0.25, 0.3) is 0 Å². The topological polar surface area (TPSA) is 89.2 Å². The summed E-state index contributed by atoms with van der Waals surface area (Å²) in [7, 11) is 3.21. The third kappa shape index (κ3) is 4.18. The Morgan fingerprint density at radius 1 is 1.06 bits per heavy atom. The number of carbonyl (C=O) groups excluding carboxylic acids is 1. The molecule has 0 fully saturated rings. The summed E-state index contributed by atoms with van der Waals surface area (Å²) in [6, 6.07) is 7.59. The molecule has 0 bridgehead atoms. The zero-order valence-corrected chi connectivity index (χ0v) is 17.8. The van der Waals surface area contributed by atoms with E-state index in [1.54, 1.807) is 20.3 Å².